The maximum atomic E-state index is 14.0. The monoisotopic (exact) mass is 455 g/mol. The molecule has 2 unspecified atom stereocenters. The summed E-state index contributed by atoms with van der Waals surface area (Å²) in [5.41, 5.74) is 2.85. The van der Waals surface area contributed by atoms with Crippen LogP contribution in [-0.4, -0.2) is 50.6 Å². The Morgan fingerprint density at radius 3 is 2.55 bits per heavy atom. The third kappa shape index (κ3) is 5.22. The molecule has 3 rings (SSSR count). The molecule has 1 saturated heterocycles. The van der Waals surface area contributed by atoms with Gasteiger partial charge in [-0.3, -0.25) is 9.59 Å². The molecule has 7 heteroatoms. The average molecular weight is 456 g/mol. The lowest BCUT2D eigenvalue weighted by atomic mass is 9.91. The van der Waals surface area contributed by atoms with Crippen molar-refractivity contribution in [2.75, 3.05) is 13.1 Å². The van der Waals surface area contributed by atoms with Crippen molar-refractivity contribution in [3.05, 3.63) is 23.0 Å². The number of pyridine rings is 1. The number of aromatic nitrogens is 3. The van der Waals surface area contributed by atoms with Crippen LogP contribution in [0.2, 0.25) is 0 Å². The van der Waals surface area contributed by atoms with E-state index < -0.39 is 0 Å². The lowest BCUT2D eigenvalue weighted by Gasteiger charge is -2.37. The first-order valence-corrected chi connectivity index (χ1v) is 12.4. The molecule has 0 saturated carbocycles. The summed E-state index contributed by atoms with van der Waals surface area (Å²) in [5, 5.41) is 8.64. The highest BCUT2D eigenvalue weighted by Crippen LogP contribution is 2.31. The number of hydrogen-bond acceptors (Lipinski definition) is 4. The molecule has 1 N–H and O–H groups in total. The highest BCUT2D eigenvalue weighted by Gasteiger charge is 2.35. The number of nitrogens with one attached hydrogen (secondary N) is 1. The standard InChI is InChI=1S/C26H41N5O2/c1-9-10-13-27-24(32)19-12-11-17(4)30(15-19)25(33)20-14-21(16(2)3)28-23-22(20)18(5)29-31(23)26(6,7)8/h14,16-17,19H,9-13,15H2,1-8H3,(H,27,32). The first-order chi connectivity index (χ1) is 15.5. The van der Waals surface area contributed by atoms with Gasteiger partial charge in [0.2, 0.25) is 5.91 Å². The predicted molar refractivity (Wildman–Crippen MR) is 132 cm³/mol. The number of carbonyl (C=O) groups is 2. The molecule has 2 atom stereocenters. The van der Waals surface area contributed by atoms with Crippen molar-refractivity contribution in [2.24, 2.45) is 5.92 Å². The molecule has 0 radical (unpaired) electrons. The van der Waals surface area contributed by atoms with Crippen molar-refractivity contribution >= 4 is 22.8 Å². The summed E-state index contributed by atoms with van der Waals surface area (Å²) >= 11 is 0. The van der Waals surface area contributed by atoms with E-state index in [4.69, 9.17) is 10.1 Å². The number of rotatable bonds is 6. The molecule has 3 heterocycles. The van der Waals surface area contributed by atoms with E-state index in [0.29, 0.717) is 18.7 Å². The van der Waals surface area contributed by atoms with Crippen LogP contribution in [0.5, 0.6) is 0 Å². The third-order valence-corrected chi connectivity index (χ3v) is 6.63. The summed E-state index contributed by atoms with van der Waals surface area (Å²) in [5.74, 6) is 0.0507. The first kappa shape index (κ1) is 25.2. The zero-order chi connectivity index (χ0) is 24.5. The summed E-state index contributed by atoms with van der Waals surface area (Å²) < 4.78 is 1.93. The minimum absolute atomic E-state index is 0.0283. The molecule has 0 aliphatic carbocycles. The number of amides is 2. The van der Waals surface area contributed by atoms with Gasteiger partial charge in [-0.25, -0.2) is 9.67 Å². The van der Waals surface area contributed by atoms with Gasteiger partial charge in [0, 0.05) is 24.8 Å². The Morgan fingerprint density at radius 2 is 1.94 bits per heavy atom. The van der Waals surface area contributed by atoms with Gasteiger partial charge in [-0.15, -0.1) is 0 Å². The Hall–Kier alpha value is -2.44. The van der Waals surface area contributed by atoms with Crippen LogP contribution in [0.15, 0.2) is 6.07 Å². The summed E-state index contributed by atoms with van der Waals surface area (Å²) in [4.78, 5) is 33.5. The second kappa shape index (κ2) is 9.82. The summed E-state index contributed by atoms with van der Waals surface area (Å²) in [7, 11) is 0. The van der Waals surface area contributed by atoms with E-state index in [1.54, 1.807) is 0 Å². The average Bonchev–Trinajstić information content (AvgIpc) is 3.10. The van der Waals surface area contributed by atoms with E-state index >= 15 is 0 Å². The van der Waals surface area contributed by atoms with Gasteiger partial charge in [0.25, 0.3) is 5.91 Å². The van der Waals surface area contributed by atoms with Crippen molar-refractivity contribution in [2.45, 2.75) is 98.6 Å². The fourth-order valence-electron chi connectivity index (χ4n) is 4.53. The Balaban J connectivity index is 2.01. The molecule has 7 nitrogen and oxygen atoms in total. The first-order valence-electron chi connectivity index (χ1n) is 12.4. The van der Waals surface area contributed by atoms with Gasteiger partial charge in [0.1, 0.15) is 0 Å². The van der Waals surface area contributed by atoms with E-state index in [1.807, 2.05) is 22.6 Å². The Morgan fingerprint density at radius 1 is 1.24 bits per heavy atom. The molecule has 0 spiro atoms. The van der Waals surface area contributed by atoms with Crippen molar-refractivity contribution in [3.8, 4) is 0 Å². The van der Waals surface area contributed by atoms with E-state index in [2.05, 4.69) is 53.8 Å². The second-order valence-corrected chi connectivity index (χ2v) is 10.8. The third-order valence-electron chi connectivity index (χ3n) is 6.63. The highest BCUT2D eigenvalue weighted by molar-refractivity contribution is 6.07. The number of hydrogen-bond donors (Lipinski definition) is 1. The van der Waals surface area contributed by atoms with Crippen LogP contribution < -0.4 is 5.32 Å². The predicted octanol–water partition coefficient (Wildman–Crippen LogP) is 4.78. The number of fused-ring (bicyclic) bond motifs is 1. The molecule has 2 amide bonds. The number of nitrogens with zero attached hydrogens (tertiary/aromatic N) is 4. The van der Waals surface area contributed by atoms with Gasteiger partial charge in [0.15, 0.2) is 5.65 Å². The summed E-state index contributed by atoms with van der Waals surface area (Å²) in [6.45, 7) is 17.8. The summed E-state index contributed by atoms with van der Waals surface area (Å²) in [6, 6.07) is 2.02. The fourth-order valence-corrected chi connectivity index (χ4v) is 4.53. The molecule has 182 valence electrons. The molecule has 1 aliphatic rings. The largest absolute Gasteiger partial charge is 0.356 e. The van der Waals surface area contributed by atoms with Crippen LogP contribution in [0.3, 0.4) is 0 Å². The van der Waals surface area contributed by atoms with Crippen LogP contribution in [0.1, 0.15) is 102 Å². The molecular weight excluding hydrogens is 414 g/mol. The quantitative estimate of drug-likeness (QED) is 0.636. The molecule has 2 aromatic heterocycles. The normalized spacial score (nSPS) is 19.4. The summed E-state index contributed by atoms with van der Waals surface area (Å²) in [6.07, 6.45) is 3.65. The molecule has 0 bridgehead atoms. The lowest BCUT2D eigenvalue weighted by molar-refractivity contribution is -0.126. The van der Waals surface area contributed by atoms with Crippen molar-refractivity contribution in [1.82, 2.24) is 25.0 Å². The Kier molecular flexibility index (Phi) is 7.49. The number of carbonyl (C=O) groups excluding carboxylic acids is 2. The van der Waals surface area contributed by atoms with Gasteiger partial charge in [0.05, 0.1) is 28.1 Å². The molecule has 33 heavy (non-hydrogen) atoms. The maximum Gasteiger partial charge on any atom is 0.255 e. The second-order valence-electron chi connectivity index (χ2n) is 10.8. The molecule has 1 fully saturated rings. The number of unbranched alkanes of at least 4 members (excludes halogenated alkanes) is 1. The Labute approximate surface area is 198 Å². The SMILES string of the molecule is CCCCNC(=O)C1CCC(C)N(C(=O)c2cc(C(C)C)nc3c2c(C)nn3C(C)(C)C)C1. The Bertz CT molecular complexity index is 1020. The van der Waals surface area contributed by atoms with Crippen molar-refractivity contribution in [3.63, 3.8) is 0 Å². The highest BCUT2D eigenvalue weighted by atomic mass is 16.2. The van der Waals surface area contributed by atoms with Crippen LogP contribution >= 0.6 is 0 Å². The van der Waals surface area contributed by atoms with E-state index in [1.165, 1.54) is 0 Å². The topological polar surface area (TPSA) is 80.1 Å². The van der Waals surface area contributed by atoms with Gasteiger partial charge in [-0.1, -0.05) is 27.2 Å². The zero-order valence-corrected chi connectivity index (χ0v) is 21.7. The van der Waals surface area contributed by atoms with Crippen molar-refractivity contribution < 1.29 is 9.59 Å². The minimum Gasteiger partial charge on any atom is -0.356 e. The van der Waals surface area contributed by atoms with Crippen LogP contribution in [0, 0.1) is 12.8 Å². The minimum atomic E-state index is -0.254. The number of likely N-dealkylation sites (tertiary alicyclic amines) is 1. The maximum absolute atomic E-state index is 14.0. The fraction of sp³-hybridized carbons (Fsp3) is 0.692. The molecule has 1 aliphatic heterocycles. The van der Waals surface area contributed by atoms with Gasteiger partial charge in [-0.2, -0.15) is 5.10 Å². The van der Waals surface area contributed by atoms with Crippen LogP contribution in [-0.2, 0) is 10.3 Å². The lowest BCUT2D eigenvalue weighted by Crippen LogP contribution is -2.49. The van der Waals surface area contributed by atoms with Crippen molar-refractivity contribution in [1.29, 1.82) is 0 Å². The van der Waals surface area contributed by atoms with E-state index in [9.17, 15) is 9.59 Å². The van der Waals surface area contributed by atoms with Gasteiger partial charge >= 0.3 is 0 Å². The van der Waals surface area contributed by atoms with Gasteiger partial charge in [-0.05, 0) is 65.9 Å². The smallest absolute Gasteiger partial charge is 0.255 e. The van der Waals surface area contributed by atoms with Gasteiger partial charge < -0.3 is 10.2 Å². The molecular formula is C26H41N5O2. The van der Waals surface area contributed by atoms with Crippen LogP contribution in [0.4, 0.5) is 0 Å². The van der Waals surface area contributed by atoms with E-state index in [0.717, 1.165) is 48.1 Å². The van der Waals surface area contributed by atoms with E-state index in [-0.39, 0.29) is 35.2 Å². The van der Waals surface area contributed by atoms with Crippen LogP contribution in [0.25, 0.3) is 11.0 Å². The molecule has 2 aromatic rings. The zero-order valence-electron chi connectivity index (χ0n) is 21.7. The number of piperidine rings is 1. The molecule has 0 aromatic carbocycles. The number of aryl methyl sites for hydroxylation is 1.